The van der Waals surface area contributed by atoms with Crippen LogP contribution in [0.3, 0.4) is 0 Å². The maximum Gasteiger partial charge on any atom is 0.338 e. The Bertz CT molecular complexity index is 1850. The lowest BCUT2D eigenvalue weighted by atomic mass is 9.40. The van der Waals surface area contributed by atoms with Crippen LogP contribution in [0, 0.1) is 51.2 Å². The van der Waals surface area contributed by atoms with E-state index in [-0.39, 0.29) is 35.6 Å². The Morgan fingerprint density at radius 3 is 2.18 bits per heavy atom. The molecule has 57 heavy (non-hydrogen) atoms. The van der Waals surface area contributed by atoms with Crippen LogP contribution >= 0.6 is 0 Å². The number of carbonyl (C=O) groups excluding carboxylic acids is 2. The molecule has 0 radical (unpaired) electrons. The van der Waals surface area contributed by atoms with Gasteiger partial charge in [-0.25, -0.2) is 4.79 Å². The van der Waals surface area contributed by atoms with Crippen molar-refractivity contribution >= 4 is 11.9 Å². The fraction of sp³-hybridized carbons (Fsp3) is 0.615. The molecule has 0 spiro atoms. The van der Waals surface area contributed by atoms with Crippen molar-refractivity contribution in [2.45, 2.75) is 144 Å². The molecule has 2 N–H and O–H groups in total. The summed E-state index contributed by atoms with van der Waals surface area (Å²) >= 11 is 0. The monoisotopic (exact) mass is 774 g/mol. The number of ether oxygens (including phenoxy) is 2. The molecule has 0 aromatic heterocycles. The summed E-state index contributed by atoms with van der Waals surface area (Å²) in [6, 6.07) is 18.8. The molecule has 5 aliphatic carbocycles. The molecule has 0 amide bonds. The topological polar surface area (TPSA) is 78.6 Å². The lowest BCUT2D eigenvalue weighted by Gasteiger charge is -2.64. The summed E-state index contributed by atoms with van der Waals surface area (Å²) < 4.78 is 11.9. The second kappa shape index (κ2) is 16.3. The second-order valence-electron chi connectivity index (χ2n) is 20.6. The van der Waals surface area contributed by atoms with Gasteiger partial charge in [0.2, 0.25) is 0 Å². The predicted octanol–water partition coefficient (Wildman–Crippen LogP) is 12.4. The van der Waals surface area contributed by atoms with E-state index in [0.29, 0.717) is 53.4 Å². The first kappa shape index (κ1) is 41.7. The molecule has 5 heteroatoms. The van der Waals surface area contributed by atoms with Gasteiger partial charge in [-0.1, -0.05) is 107 Å². The van der Waals surface area contributed by atoms with E-state index in [1.165, 1.54) is 68.1 Å². The summed E-state index contributed by atoms with van der Waals surface area (Å²) in [7, 11) is 0. The fourth-order valence-electron chi connectivity index (χ4n) is 13.4. The molecule has 0 aliphatic heterocycles. The number of rotatable bonds is 9. The average Bonchev–Trinajstić information content (AvgIpc) is 3.50. The van der Waals surface area contributed by atoms with E-state index in [1.807, 2.05) is 48.5 Å². The number of allylic oxidation sites excluding steroid dienone is 5. The highest BCUT2D eigenvalue weighted by Crippen LogP contribution is 2.68. The first-order valence-corrected chi connectivity index (χ1v) is 22.4. The minimum absolute atomic E-state index is 0.000208. The maximum atomic E-state index is 14.0. The molecule has 4 unspecified atom stereocenters. The largest absolute Gasteiger partial charge is 0.461 e. The Morgan fingerprint density at radius 2 is 1.49 bits per heavy atom. The zero-order chi connectivity index (χ0) is 40.6. The summed E-state index contributed by atoms with van der Waals surface area (Å²) in [6.45, 7) is 19.6. The quantitative estimate of drug-likeness (QED) is 0.203. The van der Waals surface area contributed by atoms with Crippen molar-refractivity contribution in [2.24, 2.45) is 57.0 Å². The van der Waals surface area contributed by atoms with Gasteiger partial charge in [0, 0.05) is 5.54 Å². The van der Waals surface area contributed by atoms with E-state index < -0.39 is 11.4 Å². The number of esters is 2. The molecule has 9 atom stereocenters. The van der Waals surface area contributed by atoms with Gasteiger partial charge in [-0.3, -0.25) is 4.79 Å². The Hall–Kier alpha value is -3.44. The predicted molar refractivity (Wildman–Crippen MR) is 231 cm³/mol. The van der Waals surface area contributed by atoms with Gasteiger partial charge >= 0.3 is 11.9 Å². The van der Waals surface area contributed by atoms with Crippen LogP contribution in [0.15, 0.2) is 96.1 Å². The normalized spacial score (nSPS) is 36.3. The summed E-state index contributed by atoms with van der Waals surface area (Å²) in [5, 5.41) is 0. The van der Waals surface area contributed by atoms with Crippen LogP contribution in [0.25, 0.3) is 0 Å². The van der Waals surface area contributed by atoms with Crippen LogP contribution in [-0.2, 0) is 20.9 Å². The van der Waals surface area contributed by atoms with Crippen molar-refractivity contribution in [3.63, 3.8) is 0 Å². The van der Waals surface area contributed by atoms with Gasteiger partial charge in [0.1, 0.15) is 18.6 Å². The number of hydrogen-bond donors (Lipinski definition) is 1. The summed E-state index contributed by atoms with van der Waals surface area (Å²) in [6.07, 6.45) is 20.1. The van der Waals surface area contributed by atoms with E-state index in [9.17, 15) is 9.59 Å². The third kappa shape index (κ3) is 8.00. The SMILES string of the molecule is C=C(C)C[C@@H]1CC[C@]2(N)CC[C@@H](C)[C@]3(C)CCC4C(C)(C)C(C5=CCC(COC(=O)c6ccccc6)(C(=O)OCc6ccccc6)CC5)=CC[C@]4(C)C3CCCC12. The van der Waals surface area contributed by atoms with Crippen LogP contribution < -0.4 is 5.73 Å². The summed E-state index contributed by atoms with van der Waals surface area (Å²) in [5.74, 6) is 2.46. The minimum Gasteiger partial charge on any atom is -0.461 e. The lowest BCUT2D eigenvalue weighted by Crippen LogP contribution is -2.57. The highest BCUT2D eigenvalue weighted by molar-refractivity contribution is 5.89. The third-order valence-electron chi connectivity index (χ3n) is 16.8. The summed E-state index contributed by atoms with van der Waals surface area (Å²) in [5.41, 5.74) is 12.5. The Labute approximate surface area is 344 Å². The van der Waals surface area contributed by atoms with Gasteiger partial charge in [-0.05, 0) is 165 Å². The lowest BCUT2D eigenvalue weighted by molar-refractivity contribution is -0.160. The van der Waals surface area contributed by atoms with Crippen LogP contribution in [0.4, 0.5) is 0 Å². The van der Waals surface area contributed by atoms with Gasteiger partial charge in [0.05, 0.1) is 5.56 Å². The van der Waals surface area contributed by atoms with Gasteiger partial charge in [-0.2, -0.15) is 0 Å². The molecule has 2 aromatic carbocycles. The number of nitrogens with two attached hydrogens (primary N) is 1. The van der Waals surface area contributed by atoms with Crippen molar-refractivity contribution in [3.05, 3.63) is 107 Å². The van der Waals surface area contributed by atoms with Gasteiger partial charge < -0.3 is 15.2 Å². The third-order valence-corrected chi connectivity index (χ3v) is 16.8. The van der Waals surface area contributed by atoms with E-state index in [0.717, 1.165) is 31.2 Å². The molecular formula is C52H71NO4. The molecule has 308 valence electrons. The Kier molecular flexibility index (Phi) is 11.9. The summed E-state index contributed by atoms with van der Waals surface area (Å²) in [4.78, 5) is 27.2. The molecule has 7 rings (SSSR count). The smallest absolute Gasteiger partial charge is 0.338 e. The van der Waals surface area contributed by atoms with Crippen molar-refractivity contribution < 1.29 is 19.1 Å². The highest BCUT2D eigenvalue weighted by Gasteiger charge is 2.60. The standard InChI is InChI=1S/C52H71NO4/c1-36(2)33-41-24-32-52(53)31-21-37(3)49(6)28-26-44-48(4,5)42(25-27-50(44,7)45(49)20-14-19-43(41)52)39-22-29-51(30-23-39,35-57-46(54)40-17-12-9-13-18-40)47(55)56-34-38-15-10-8-11-16-38/h8-13,15-18,22,25,37,41,43-45H,1,14,19-21,23-24,26-35,53H2,2-7H3/t37-,41+,43?,44?,45?,49+,50+,51?,52-/m1/s1. The zero-order valence-corrected chi connectivity index (χ0v) is 36.0. The van der Waals surface area contributed by atoms with Crippen molar-refractivity contribution in [2.75, 3.05) is 6.61 Å². The van der Waals surface area contributed by atoms with Crippen LogP contribution in [0.1, 0.15) is 147 Å². The maximum absolute atomic E-state index is 14.0. The molecule has 0 heterocycles. The molecule has 2 aromatic rings. The van der Waals surface area contributed by atoms with Crippen molar-refractivity contribution in [1.82, 2.24) is 0 Å². The number of benzene rings is 2. The second-order valence-corrected chi connectivity index (χ2v) is 20.6. The Morgan fingerprint density at radius 1 is 0.789 bits per heavy atom. The molecule has 3 fully saturated rings. The first-order chi connectivity index (χ1) is 27.1. The van der Waals surface area contributed by atoms with Crippen LogP contribution in [0.5, 0.6) is 0 Å². The van der Waals surface area contributed by atoms with Crippen LogP contribution in [0.2, 0.25) is 0 Å². The Balaban J connectivity index is 1.12. The number of fused-ring (bicyclic) bond motifs is 4. The first-order valence-electron chi connectivity index (χ1n) is 22.4. The molecule has 0 saturated heterocycles. The zero-order valence-electron chi connectivity index (χ0n) is 36.0. The molecule has 5 aliphatic rings. The average molecular weight is 774 g/mol. The van der Waals surface area contributed by atoms with Gasteiger partial charge in [0.15, 0.2) is 0 Å². The van der Waals surface area contributed by atoms with Gasteiger partial charge in [-0.15, -0.1) is 6.58 Å². The molecular weight excluding hydrogens is 703 g/mol. The molecule has 5 nitrogen and oxygen atoms in total. The minimum atomic E-state index is -0.931. The fourth-order valence-corrected chi connectivity index (χ4v) is 13.4. The molecule has 3 saturated carbocycles. The van der Waals surface area contributed by atoms with E-state index in [1.54, 1.807) is 12.1 Å². The van der Waals surface area contributed by atoms with Gasteiger partial charge in [0.25, 0.3) is 0 Å². The highest BCUT2D eigenvalue weighted by atomic mass is 16.6. The van der Waals surface area contributed by atoms with Crippen molar-refractivity contribution in [1.29, 1.82) is 0 Å². The van der Waals surface area contributed by atoms with E-state index >= 15 is 0 Å². The van der Waals surface area contributed by atoms with Crippen LogP contribution in [-0.4, -0.2) is 24.1 Å². The number of carbonyl (C=O) groups is 2. The van der Waals surface area contributed by atoms with Crippen molar-refractivity contribution in [3.8, 4) is 0 Å². The van der Waals surface area contributed by atoms with E-state index in [4.69, 9.17) is 15.2 Å². The number of hydrogen-bond acceptors (Lipinski definition) is 5. The van der Waals surface area contributed by atoms with E-state index in [2.05, 4.69) is 60.3 Å². The molecule has 0 bridgehead atoms.